The highest BCUT2D eigenvalue weighted by Gasteiger charge is 2.57. The molecule has 2 rings (SSSR count). The minimum Gasteiger partial charge on any atom is -1.00 e. The first-order chi connectivity index (χ1) is 11.9. The van der Waals surface area contributed by atoms with E-state index in [4.69, 9.17) is 9.47 Å². The molecule has 0 bridgehead atoms. The lowest BCUT2D eigenvalue weighted by Gasteiger charge is -2.25. The Morgan fingerprint density at radius 3 is 1.78 bits per heavy atom. The van der Waals surface area contributed by atoms with Crippen molar-refractivity contribution < 1.29 is 36.0 Å². The molecule has 0 aromatic heterocycles. The number of carbonyl (C=O) groups excluding carboxylic acids is 2. The summed E-state index contributed by atoms with van der Waals surface area (Å²) < 4.78 is 11.4. The van der Waals surface area contributed by atoms with Gasteiger partial charge in [0.1, 0.15) is 23.8 Å². The fourth-order valence-electron chi connectivity index (χ4n) is 3.22. The van der Waals surface area contributed by atoms with Gasteiger partial charge in [0.25, 0.3) is 0 Å². The first-order valence-electron chi connectivity index (χ1n) is 9.22. The Hall–Kier alpha value is -1.59. The van der Waals surface area contributed by atoms with Crippen LogP contribution in [0.25, 0.3) is 0 Å². The third kappa shape index (κ3) is 7.89. The van der Waals surface area contributed by atoms with Crippen molar-refractivity contribution in [2.75, 3.05) is 19.6 Å². The maximum Gasteiger partial charge on any atom is 0.362 e. The van der Waals surface area contributed by atoms with Gasteiger partial charge in [-0.2, -0.15) is 0 Å². The quantitative estimate of drug-likeness (QED) is 0.388. The maximum atomic E-state index is 12.4. The van der Waals surface area contributed by atoms with Gasteiger partial charge in [-0.3, -0.25) is 4.48 Å². The largest absolute Gasteiger partial charge is 1.00 e. The normalized spacial score (nSPS) is 18.2. The number of hydrogen-bond donors (Lipinski definition) is 0. The molecule has 152 valence electrons. The van der Waals surface area contributed by atoms with Crippen molar-refractivity contribution in [2.45, 2.75) is 65.2 Å². The molecule has 0 N–H and O–H groups in total. The van der Waals surface area contributed by atoms with Crippen molar-refractivity contribution in [3.05, 3.63) is 35.9 Å². The van der Waals surface area contributed by atoms with Crippen molar-refractivity contribution in [1.29, 1.82) is 0 Å². The Kier molecular flexibility index (Phi) is 7.48. The van der Waals surface area contributed by atoms with Crippen LogP contribution >= 0.6 is 0 Å². The first kappa shape index (κ1) is 23.4. The van der Waals surface area contributed by atoms with Crippen LogP contribution in [0.3, 0.4) is 0 Å². The van der Waals surface area contributed by atoms with Gasteiger partial charge in [0.15, 0.2) is 13.1 Å². The predicted molar refractivity (Wildman–Crippen MR) is 100 cm³/mol. The van der Waals surface area contributed by atoms with E-state index in [0.29, 0.717) is 4.48 Å². The molecule has 1 aromatic rings. The van der Waals surface area contributed by atoms with E-state index in [1.165, 1.54) is 5.56 Å². The van der Waals surface area contributed by atoms with Gasteiger partial charge in [-0.25, -0.2) is 9.59 Å². The second kappa shape index (κ2) is 8.61. The van der Waals surface area contributed by atoms with E-state index in [1.807, 2.05) is 59.7 Å². The van der Waals surface area contributed by atoms with Crippen LogP contribution < -0.4 is 12.4 Å². The summed E-state index contributed by atoms with van der Waals surface area (Å²) in [5.41, 5.74) is 0.154. The molecule has 1 aromatic carbocycles. The van der Waals surface area contributed by atoms with Gasteiger partial charge in [0.05, 0.1) is 0 Å². The molecule has 1 heterocycles. The van der Waals surface area contributed by atoms with E-state index in [-0.39, 0.29) is 43.5 Å². The molecule has 1 aliphatic heterocycles. The second-order valence-electron chi connectivity index (χ2n) is 9.23. The maximum absolute atomic E-state index is 12.4. The van der Waals surface area contributed by atoms with Gasteiger partial charge in [0, 0.05) is 6.42 Å². The predicted octanol–water partition coefficient (Wildman–Crippen LogP) is 0.116. The third-order valence-corrected chi connectivity index (χ3v) is 4.26. The molecular weight excluding hydrogens is 366 g/mol. The van der Waals surface area contributed by atoms with Crippen molar-refractivity contribution in [1.82, 2.24) is 0 Å². The van der Waals surface area contributed by atoms with Crippen LogP contribution in [0.1, 0.15) is 47.1 Å². The Balaban J connectivity index is 0.00000364. The van der Waals surface area contributed by atoms with Gasteiger partial charge in [-0.1, -0.05) is 30.3 Å². The SMILES string of the molecule is CC(C)(C)OC(=O)C[N+]1(CC(=O)OC(C)(C)C)CC1Cc1ccccc1.[Cl-]. The van der Waals surface area contributed by atoms with Gasteiger partial charge in [-0.05, 0) is 47.1 Å². The summed E-state index contributed by atoms with van der Waals surface area (Å²) in [6, 6.07) is 10.4. The monoisotopic (exact) mass is 397 g/mol. The molecule has 1 saturated heterocycles. The molecule has 27 heavy (non-hydrogen) atoms. The zero-order valence-electron chi connectivity index (χ0n) is 17.3. The van der Waals surface area contributed by atoms with Crippen LogP contribution in [0.5, 0.6) is 0 Å². The summed E-state index contributed by atoms with van der Waals surface area (Å²) in [4.78, 5) is 24.8. The minimum atomic E-state index is -0.530. The Morgan fingerprint density at radius 2 is 1.37 bits per heavy atom. The molecule has 0 saturated carbocycles. The van der Waals surface area contributed by atoms with Crippen LogP contribution in [0.4, 0.5) is 0 Å². The number of halogens is 1. The van der Waals surface area contributed by atoms with E-state index in [2.05, 4.69) is 12.1 Å². The summed E-state index contributed by atoms with van der Waals surface area (Å²) in [5, 5.41) is 0. The van der Waals surface area contributed by atoms with Crippen LogP contribution in [0.2, 0.25) is 0 Å². The summed E-state index contributed by atoms with van der Waals surface area (Å²) in [5.74, 6) is -0.534. The fourth-order valence-corrected chi connectivity index (χ4v) is 3.22. The zero-order valence-corrected chi connectivity index (χ0v) is 18.0. The molecule has 1 unspecified atom stereocenters. The van der Waals surface area contributed by atoms with Crippen LogP contribution in [0.15, 0.2) is 30.3 Å². The molecule has 1 fully saturated rings. The van der Waals surface area contributed by atoms with Crippen LogP contribution in [-0.4, -0.2) is 53.3 Å². The van der Waals surface area contributed by atoms with E-state index in [0.717, 1.165) is 13.0 Å². The van der Waals surface area contributed by atoms with E-state index < -0.39 is 11.2 Å². The van der Waals surface area contributed by atoms with E-state index >= 15 is 0 Å². The lowest BCUT2D eigenvalue weighted by Crippen LogP contribution is -3.00. The highest BCUT2D eigenvalue weighted by atomic mass is 35.5. The Morgan fingerprint density at radius 1 is 0.926 bits per heavy atom. The number of quaternary nitrogens is 1. The highest BCUT2D eigenvalue weighted by molar-refractivity contribution is 5.74. The number of ether oxygens (including phenoxy) is 2. The molecule has 6 heteroatoms. The summed E-state index contributed by atoms with van der Waals surface area (Å²) in [7, 11) is 0. The average Bonchev–Trinajstić information content (AvgIpc) is 3.06. The molecule has 1 aliphatic rings. The molecule has 0 spiro atoms. The molecule has 1 atom stereocenters. The molecular formula is C21H32ClNO4. The Bertz CT molecular complexity index is 616. The molecule has 0 amide bonds. The summed E-state index contributed by atoms with van der Waals surface area (Å²) in [6.07, 6.45) is 0.840. The topological polar surface area (TPSA) is 52.6 Å². The summed E-state index contributed by atoms with van der Waals surface area (Å²) >= 11 is 0. The lowest BCUT2D eigenvalue weighted by molar-refractivity contribution is -0.798. The smallest absolute Gasteiger partial charge is 0.362 e. The van der Waals surface area contributed by atoms with Gasteiger partial charge in [0.2, 0.25) is 0 Å². The minimum absolute atomic E-state index is 0. The van der Waals surface area contributed by atoms with Gasteiger partial charge in [-0.15, -0.1) is 0 Å². The fraction of sp³-hybridized carbons (Fsp3) is 0.619. The number of rotatable bonds is 6. The molecule has 0 radical (unpaired) electrons. The number of benzene rings is 1. The molecule has 5 nitrogen and oxygen atoms in total. The van der Waals surface area contributed by atoms with Gasteiger partial charge < -0.3 is 21.9 Å². The number of esters is 2. The number of nitrogens with zero attached hydrogens (tertiary/aromatic N) is 1. The third-order valence-electron chi connectivity index (χ3n) is 4.26. The number of hydrogen-bond acceptors (Lipinski definition) is 4. The average molecular weight is 398 g/mol. The standard InChI is InChI=1S/C21H32NO4.ClH/c1-20(2,3)25-18(23)14-22(15-19(24)26-21(4,5)6)13-17(22)12-16-10-8-7-9-11-16;/h7-11,17H,12-15H2,1-6H3;1H/q+1;/p-1. The van der Waals surface area contributed by atoms with Crippen LogP contribution in [0, 0.1) is 0 Å². The van der Waals surface area contributed by atoms with Crippen LogP contribution in [-0.2, 0) is 25.5 Å². The lowest BCUT2D eigenvalue weighted by atomic mass is 10.1. The van der Waals surface area contributed by atoms with Gasteiger partial charge >= 0.3 is 11.9 Å². The number of carbonyl (C=O) groups is 2. The van der Waals surface area contributed by atoms with E-state index in [1.54, 1.807) is 0 Å². The second-order valence-corrected chi connectivity index (χ2v) is 9.23. The van der Waals surface area contributed by atoms with Crippen molar-refractivity contribution >= 4 is 11.9 Å². The van der Waals surface area contributed by atoms with Crippen molar-refractivity contribution in [3.63, 3.8) is 0 Å². The van der Waals surface area contributed by atoms with Crippen molar-refractivity contribution in [2.24, 2.45) is 0 Å². The van der Waals surface area contributed by atoms with Crippen molar-refractivity contribution in [3.8, 4) is 0 Å². The highest BCUT2D eigenvalue weighted by Crippen LogP contribution is 2.34. The first-order valence-corrected chi connectivity index (χ1v) is 9.22. The van der Waals surface area contributed by atoms with E-state index in [9.17, 15) is 9.59 Å². The summed E-state index contributed by atoms with van der Waals surface area (Å²) in [6.45, 7) is 12.3. The molecule has 0 aliphatic carbocycles. The zero-order chi connectivity index (χ0) is 19.6. The Labute approximate surface area is 169 Å².